The van der Waals surface area contributed by atoms with Crippen molar-refractivity contribution in [1.29, 1.82) is 0 Å². The lowest BCUT2D eigenvalue weighted by Crippen LogP contribution is -2.11. The molecule has 7 heteroatoms. The van der Waals surface area contributed by atoms with E-state index in [9.17, 15) is 4.79 Å². The Labute approximate surface area is 147 Å². The summed E-state index contributed by atoms with van der Waals surface area (Å²) < 4.78 is 2.74. The van der Waals surface area contributed by atoms with Crippen LogP contribution in [0.15, 0.2) is 53.0 Å². The quantitative estimate of drug-likeness (QED) is 0.745. The minimum Gasteiger partial charge on any atom is -0.322 e. The SMILES string of the molecule is O=C(Nc1ccc(-c2nnnn2C2CC2)cc1)c1cccc(Br)c1. The number of carbonyl (C=O) groups is 1. The summed E-state index contributed by atoms with van der Waals surface area (Å²) in [6.45, 7) is 0. The van der Waals surface area contributed by atoms with Crippen molar-refractivity contribution in [2.24, 2.45) is 0 Å². The van der Waals surface area contributed by atoms with Crippen LogP contribution in [0, 0.1) is 0 Å². The van der Waals surface area contributed by atoms with Gasteiger partial charge in [0.2, 0.25) is 0 Å². The van der Waals surface area contributed by atoms with E-state index in [1.807, 2.05) is 41.1 Å². The van der Waals surface area contributed by atoms with Crippen LogP contribution in [-0.4, -0.2) is 26.1 Å². The fourth-order valence-electron chi connectivity index (χ4n) is 2.48. The number of aromatic nitrogens is 4. The van der Waals surface area contributed by atoms with Gasteiger partial charge in [-0.1, -0.05) is 22.0 Å². The molecule has 0 atom stereocenters. The van der Waals surface area contributed by atoms with Gasteiger partial charge in [-0.15, -0.1) is 5.10 Å². The van der Waals surface area contributed by atoms with Gasteiger partial charge in [-0.2, -0.15) is 0 Å². The second kappa shape index (κ2) is 6.16. The Kier molecular flexibility index (Phi) is 3.86. The van der Waals surface area contributed by atoms with Crippen LogP contribution in [0.3, 0.4) is 0 Å². The number of benzene rings is 2. The first kappa shape index (κ1) is 15.0. The van der Waals surface area contributed by atoms with Gasteiger partial charge in [-0.25, -0.2) is 4.68 Å². The first-order valence-corrected chi connectivity index (χ1v) is 8.45. The van der Waals surface area contributed by atoms with Crippen LogP contribution in [0.4, 0.5) is 5.69 Å². The second-order valence-electron chi connectivity index (χ2n) is 5.72. The molecule has 1 amide bonds. The number of carbonyl (C=O) groups excluding carboxylic acids is 1. The van der Waals surface area contributed by atoms with Crippen molar-refractivity contribution in [2.45, 2.75) is 18.9 Å². The summed E-state index contributed by atoms with van der Waals surface area (Å²) in [4.78, 5) is 12.3. The molecule has 1 aromatic heterocycles. The molecule has 0 radical (unpaired) electrons. The highest BCUT2D eigenvalue weighted by Crippen LogP contribution is 2.36. The minimum absolute atomic E-state index is 0.146. The summed E-state index contributed by atoms with van der Waals surface area (Å²) in [6, 6.07) is 15.3. The molecule has 4 rings (SSSR count). The number of tetrazole rings is 1. The molecule has 0 spiro atoms. The molecule has 1 aliphatic carbocycles. The predicted molar refractivity (Wildman–Crippen MR) is 93.6 cm³/mol. The number of rotatable bonds is 4. The van der Waals surface area contributed by atoms with E-state index in [4.69, 9.17) is 0 Å². The van der Waals surface area contributed by atoms with Gasteiger partial charge in [-0.3, -0.25) is 4.79 Å². The Morgan fingerprint density at radius 2 is 1.96 bits per heavy atom. The second-order valence-corrected chi connectivity index (χ2v) is 6.64. The molecule has 6 nitrogen and oxygen atoms in total. The van der Waals surface area contributed by atoms with Gasteiger partial charge in [0.1, 0.15) is 0 Å². The summed E-state index contributed by atoms with van der Waals surface area (Å²) in [5, 5.41) is 14.8. The number of hydrogen-bond acceptors (Lipinski definition) is 4. The fourth-order valence-corrected chi connectivity index (χ4v) is 2.88. The highest BCUT2D eigenvalue weighted by Gasteiger charge is 2.28. The molecule has 0 unspecified atom stereocenters. The monoisotopic (exact) mass is 383 g/mol. The van der Waals surface area contributed by atoms with Crippen LogP contribution in [-0.2, 0) is 0 Å². The number of halogens is 1. The van der Waals surface area contributed by atoms with Gasteiger partial charge < -0.3 is 5.32 Å². The van der Waals surface area contributed by atoms with E-state index >= 15 is 0 Å². The maximum atomic E-state index is 12.3. The molecule has 3 aromatic rings. The lowest BCUT2D eigenvalue weighted by Gasteiger charge is -2.07. The summed E-state index contributed by atoms with van der Waals surface area (Å²) in [7, 11) is 0. The summed E-state index contributed by atoms with van der Waals surface area (Å²) in [5.41, 5.74) is 2.27. The number of nitrogens with one attached hydrogen (secondary N) is 1. The maximum Gasteiger partial charge on any atom is 0.255 e. The molecule has 1 N–H and O–H groups in total. The highest BCUT2D eigenvalue weighted by atomic mass is 79.9. The Hall–Kier alpha value is -2.54. The van der Waals surface area contributed by atoms with Gasteiger partial charge in [-0.05, 0) is 65.7 Å². The van der Waals surface area contributed by atoms with Gasteiger partial charge in [0.05, 0.1) is 6.04 Å². The standard InChI is InChI=1S/C17H14BrN5O/c18-13-3-1-2-12(10-13)17(24)19-14-6-4-11(5-7-14)16-20-21-22-23(16)15-8-9-15/h1-7,10,15H,8-9H2,(H,19,24). The van der Waals surface area contributed by atoms with Gasteiger partial charge in [0, 0.05) is 21.3 Å². The van der Waals surface area contributed by atoms with E-state index in [1.54, 1.807) is 12.1 Å². The Balaban J connectivity index is 1.51. The van der Waals surface area contributed by atoms with Crippen molar-refractivity contribution in [3.63, 3.8) is 0 Å². The molecule has 1 saturated carbocycles. The van der Waals surface area contributed by atoms with Crippen LogP contribution >= 0.6 is 15.9 Å². The molecule has 0 saturated heterocycles. The van der Waals surface area contributed by atoms with Crippen molar-refractivity contribution in [3.8, 4) is 11.4 Å². The Morgan fingerprint density at radius 1 is 1.17 bits per heavy atom. The third-order valence-corrected chi connectivity index (χ3v) is 4.37. The average Bonchev–Trinajstić information content (AvgIpc) is 3.32. The lowest BCUT2D eigenvalue weighted by molar-refractivity contribution is 0.102. The van der Waals surface area contributed by atoms with Crippen LogP contribution in [0.1, 0.15) is 29.2 Å². The summed E-state index contributed by atoms with van der Waals surface area (Å²) in [6.07, 6.45) is 2.25. The normalized spacial score (nSPS) is 13.7. The van der Waals surface area contributed by atoms with Crippen molar-refractivity contribution >= 4 is 27.5 Å². The number of hydrogen-bond donors (Lipinski definition) is 1. The van der Waals surface area contributed by atoms with Gasteiger partial charge in [0.25, 0.3) is 5.91 Å². The molecule has 120 valence electrons. The van der Waals surface area contributed by atoms with Gasteiger partial charge in [0.15, 0.2) is 5.82 Å². The maximum absolute atomic E-state index is 12.3. The molecule has 1 heterocycles. The smallest absolute Gasteiger partial charge is 0.255 e. The molecular formula is C17H14BrN5O. The van der Waals surface area contributed by atoms with E-state index in [2.05, 4.69) is 36.8 Å². The van der Waals surface area contributed by atoms with Gasteiger partial charge >= 0.3 is 0 Å². The number of amides is 1. The van der Waals surface area contributed by atoms with E-state index in [1.165, 1.54) is 0 Å². The largest absolute Gasteiger partial charge is 0.322 e. The van der Waals surface area contributed by atoms with Crippen molar-refractivity contribution < 1.29 is 4.79 Å². The topological polar surface area (TPSA) is 72.7 Å². The average molecular weight is 384 g/mol. The third kappa shape index (κ3) is 3.07. The van der Waals surface area contributed by atoms with E-state index < -0.39 is 0 Å². The molecule has 0 bridgehead atoms. The molecule has 24 heavy (non-hydrogen) atoms. The predicted octanol–water partition coefficient (Wildman–Crippen LogP) is 3.69. The van der Waals surface area contributed by atoms with Crippen molar-refractivity contribution in [3.05, 3.63) is 58.6 Å². The molecular weight excluding hydrogens is 370 g/mol. The summed E-state index contributed by atoms with van der Waals surface area (Å²) >= 11 is 3.37. The first-order valence-electron chi connectivity index (χ1n) is 7.66. The Morgan fingerprint density at radius 3 is 2.67 bits per heavy atom. The van der Waals surface area contributed by atoms with E-state index in [0.29, 0.717) is 11.6 Å². The van der Waals surface area contributed by atoms with Crippen molar-refractivity contribution in [2.75, 3.05) is 5.32 Å². The number of nitrogens with zero attached hydrogens (tertiary/aromatic N) is 4. The van der Waals surface area contributed by atoms with E-state index in [-0.39, 0.29) is 5.91 Å². The molecule has 1 aliphatic rings. The zero-order valence-corrected chi connectivity index (χ0v) is 14.3. The summed E-state index contributed by atoms with van der Waals surface area (Å²) in [5.74, 6) is 0.620. The van der Waals surface area contributed by atoms with E-state index in [0.717, 1.165) is 34.4 Å². The molecule has 1 fully saturated rings. The zero-order chi connectivity index (χ0) is 16.5. The molecule has 0 aliphatic heterocycles. The van der Waals surface area contributed by atoms with Crippen molar-refractivity contribution in [1.82, 2.24) is 20.2 Å². The number of anilines is 1. The van der Waals surface area contributed by atoms with Crippen LogP contribution < -0.4 is 5.32 Å². The molecule has 2 aromatic carbocycles. The Bertz CT molecular complexity index is 886. The van der Waals surface area contributed by atoms with Crippen LogP contribution in [0.5, 0.6) is 0 Å². The third-order valence-electron chi connectivity index (χ3n) is 3.87. The minimum atomic E-state index is -0.146. The zero-order valence-electron chi connectivity index (χ0n) is 12.7. The van der Waals surface area contributed by atoms with Crippen LogP contribution in [0.2, 0.25) is 0 Å². The first-order chi connectivity index (χ1) is 11.7. The highest BCUT2D eigenvalue weighted by molar-refractivity contribution is 9.10. The van der Waals surface area contributed by atoms with Crippen LogP contribution in [0.25, 0.3) is 11.4 Å². The fraction of sp³-hybridized carbons (Fsp3) is 0.176. The lowest BCUT2D eigenvalue weighted by atomic mass is 10.1.